The van der Waals surface area contributed by atoms with Crippen molar-refractivity contribution in [1.29, 1.82) is 0 Å². The van der Waals surface area contributed by atoms with Gasteiger partial charge >= 0.3 is 5.97 Å². The molecule has 0 aromatic heterocycles. The van der Waals surface area contributed by atoms with Gasteiger partial charge in [0.1, 0.15) is 0 Å². The minimum Gasteiger partial charge on any atom is -0.469 e. The average Bonchev–Trinajstić information content (AvgIpc) is 1.84. The van der Waals surface area contributed by atoms with Crippen molar-refractivity contribution in [3.05, 3.63) is 0 Å². The Morgan fingerprint density at radius 1 is 1.73 bits per heavy atom. The number of hydrogen-bond acceptors (Lipinski definition) is 4. The van der Waals surface area contributed by atoms with Gasteiger partial charge in [0.2, 0.25) is 0 Å². The van der Waals surface area contributed by atoms with Crippen molar-refractivity contribution < 1.29 is 14.3 Å². The summed E-state index contributed by atoms with van der Waals surface area (Å²) in [5, 5.41) is 0. The lowest BCUT2D eigenvalue weighted by atomic mass is 9.95. The van der Waals surface area contributed by atoms with E-state index in [9.17, 15) is 4.79 Å². The second-order valence-corrected chi connectivity index (χ2v) is 2.61. The SMILES string of the molecule is COC(=O)CC1(N)COC1.Cl. The van der Waals surface area contributed by atoms with Crippen molar-refractivity contribution in [2.75, 3.05) is 20.3 Å². The van der Waals surface area contributed by atoms with Gasteiger partial charge in [-0.25, -0.2) is 0 Å². The van der Waals surface area contributed by atoms with Gasteiger partial charge in [-0.1, -0.05) is 0 Å². The summed E-state index contributed by atoms with van der Waals surface area (Å²) in [5.74, 6) is -0.272. The Morgan fingerprint density at radius 3 is 2.55 bits per heavy atom. The summed E-state index contributed by atoms with van der Waals surface area (Å²) in [6.07, 6.45) is 0.253. The van der Waals surface area contributed by atoms with Crippen LogP contribution in [-0.4, -0.2) is 31.8 Å². The molecule has 0 spiro atoms. The minimum atomic E-state index is -0.451. The monoisotopic (exact) mass is 181 g/mol. The van der Waals surface area contributed by atoms with Gasteiger partial charge in [0.25, 0.3) is 0 Å². The molecule has 0 aliphatic carbocycles. The lowest BCUT2D eigenvalue weighted by Gasteiger charge is -2.36. The van der Waals surface area contributed by atoms with E-state index in [1.54, 1.807) is 0 Å². The fraction of sp³-hybridized carbons (Fsp3) is 0.833. The maximum atomic E-state index is 10.7. The first-order valence-corrected chi connectivity index (χ1v) is 3.10. The summed E-state index contributed by atoms with van der Waals surface area (Å²) in [6, 6.07) is 0. The smallest absolute Gasteiger partial charge is 0.307 e. The molecule has 1 fully saturated rings. The zero-order valence-corrected chi connectivity index (χ0v) is 7.15. The number of rotatable bonds is 2. The summed E-state index contributed by atoms with van der Waals surface area (Å²) in [5.41, 5.74) is 5.20. The Hall–Kier alpha value is -0.320. The van der Waals surface area contributed by atoms with Crippen molar-refractivity contribution in [2.24, 2.45) is 5.73 Å². The molecule has 1 aliphatic rings. The maximum absolute atomic E-state index is 10.7. The molecular formula is C6H12ClNO3. The highest BCUT2D eigenvalue weighted by Gasteiger charge is 2.36. The average molecular weight is 182 g/mol. The first-order chi connectivity index (χ1) is 4.66. The molecule has 0 unspecified atom stereocenters. The van der Waals surface area contributed by atoms with Gasteiger partial charge in [0, 0.05) is 0 Å². The fourth-order valence-electron chi connectivity index (χ4n) is 0.826. The number of esters is 1. The molecule has 0 aromatic carbocycles. The highest BCUT2D eigenvalue weighted by molar-refractivity contribution is 5.85. The molecule has 1 aliphatic heterocycles. The number of carbonyl (C=O) groups excluding carboxylic acids is 1. The molecule has 1 heterocycles. The summed E-state index contributed by atoms with van der Waals surface area (Å²) < 4.78 is 9.30. The van der Waals surface area contributed by atoms with E-state index in [1.807, 2.05) is 0 Å². The predicted octanol–water partition coefficient (Wildman–Crippen LogP) is -0.301. The van der Waals surface area contributed by atoms with Crippen LogP contribution in [0.15, 0.2) is 0 Å². The van der Waals surface area contributed by atoms with Gasteiger partial charge in [-0.15, -0.1) is 12.4 Å². The molecule has 0 aromatic rings. The van der Waals surface area contributed by atoms with Crippen molar-refractivity contribution in [3.63, 3.8) is 0 Å². The summed E-state index contributed by atoms with van der Waals surface area (Å²) >= 11 is 0. The van der Waals surface area contributed by atoms with Crippen LogP contribution in [0.1, 0.15) is 6.42 Å². The normalized spacial score (nSPS) is 19.5. The van der Waals surface area contributed by atoms with E-state index in [0.29, 0.717) is 13.2 Å². The standard InChI is InChI=1S/C6H11NO3.ClH/c1-9-5(8)2-6(7)3-10-4-6;/h2-4,7H2,1H3;1H. The van der Waals surface area contributed by atoms with Crippen molar-refractivity contribution >= 4 is 18.4 Å². The molecule has 11 heavy (non-hydrogen) atoms. The molecule has 0 bridgehead atoms. The summed E-state index contributed by atoms with van der Waals surface area (Å²) in [6.45, 7) is 0.921. The van der Waals surface area contributed by atoms with Crippen LogP contribution in [0.3, 0.4) is 0 Å². The highest BCUT2D eigenvalue weighted by atomic mass is 35.5. The number of nitrogens with two attached hydrogens (primary N) is 1. The van der Waals surface area contributed by atoms with Gasteiger partial charge in [0.15, 0.2) is 0 Å². The van der Waals surface area contributed by atoms with E-state index in [2.05, 4.69) is 4.74 Å². The van der Waals surface area contributed by atoms with E-state index in [0.717, 1.165) is 0 Å². The van der Waals surface area contributed by atoms with Crippen molar-refractivity contribution in [3.8, 4) is 0 Å². The molecule has 1 saturated heterocycles. The lowest BCUT2D eigenvalue weighted by Crippen LogP contribution is -2.58. The zero-order valence-electron chi connectivity index (χ0n) is 6.33. The molecule has 0 radical (unpaired) electrons. The van der Waals surface area contributed by atoms with Crippen LogP contribution in [0.25, 0.3) is 0 Å². The van der Waals surface area contributed by atoms with Gasteiger partial charge < -0.3 is 15.2 Å². The van der Waals surface area contributed by atoms with E-state index < -0.39 is 5.54 Å². The molecule has 5 heteroatoms. The molecule has 4 nitrogen and oxygen atoms in total. The van der Waals surface area contributed by atoms with Crippen LogP contribution in [-0.2, 0) is 14.3 Å². The molecule has 0 atom stereocenters. The van der Waals surface area contributed by atoms with Crippen LogP contribution in [0.5, 0.6) is 0 Å². The number of halogens is 1. The molecule has 1 rings (SSSR count). The molecule has 66 valence electrons. The van der Waals surface area contributed by atoms with Crippen LogP contribution in [0, 0.1) is 0 Å². The van der Waals surface area contributed by atoms with Gasteiger partial charge in [0.05, 0.1) is 32.3 Å². The molecule has 2 N–H and O–H groups in total. The Kier molecular flexibility index (Phi) is 3.78. The molecular weight excluding hydrogens is 170 g/mol. The number of ether oxygens (including phenoxy) is 2. The number of methoxy groups -OCH3 is 1. The second-order valence-electron chi connectivity index (χ2n) is 2.61. The Bertz CT molecular complexity index is 147. The van der Waals surface area contributed by atoms with Crippen molar-refractivity contribution in [2.45, 2.75) is 12.0 Å². The van der Waals surface area contributed by atoms with Crippen molar-refractivity contribution in [1.82, 2.24) is 0 Å². The fourth-order valence-corrected chi connectivity index (χ4v) is 0.826. The minimum absolute atomic E-state index is 0. The summed E-state index contributed by atoms with van der Waals surface area (Å²) in [7, 11) is 1.35. The Balaban J connectivity index is 0.000001000. The topological polar surface area (TPSA) is 61.5 Å². The van der Waals surface area contributed by atoms with E-state index in [1.165, 1.54) is 7.11 Å². The lowest BCUT2D eigenvalue weighted by molar-refractivity contribution is -0.147. The van der Waals surface area contributed by atoms with E-state index in [-0.39, 0.29) is 24.8 Å². The zero-order chi connectivity index (χ0) is 7.61. The van der Waals surface area contributed by atoms with Crippen LogP contribution >= 0.6 is 12.4 Å². The maximum Gasteiger partial charge on any atom is 0.307 e. The summed E-state index contributed by atoms with van der Waals surface area (Å²) in [4.78, 5) is 10.7. The van der Waals surface area contributed by atoms with Crippen LogP contribution in [0.2, 0.25) is 0 Å². The van der Waals surface area contributed by atoms with Gasteiger partial charge in [-0.2, -0.15) is 0 Å². The quantitative estimate of drug-likeness (QED) is 0.595. The third-order valence-corrected chi connectivity index (χ3v) is 1.50. The van der Waals surface area contributed by atoms with Gasteiger partial charge in [-0.05, 0) is 0 Å². The van der Waals surface area contributed by atoms with E-state index in [4.69, 9.17) is 10.5 Å². The van der Waals surface area contributed by atoms with Crippen LogP contribution < -0.4 is 5.73 Å². The predicted molar refractivity (Wildman–Crippen MR) is 41.6 cm³/mol. The largest absolute Gasteiger partial charge is 0.469 e. The van der Waals surface area contributed by atoms with E-state index >= 15 is 0 Å². The van der Waals surface area contributed by atoms with Crippen LogP contribution in [0.4, 0.5) is 0 Å². The molecule has 0 saturated carbocycles. The first kappa shape index (κ1) is 10.7. The highest BCUT2D eigenvalue weighted by Crippen LogP contribution is 2.17. The third-order valence-electron chi connectivity index (χ3n) is 1.50. The van der Waals surface area contributed by atoms with Gasteiger partial charge in [-0.3, -0.25) is 4.79 Å². The second kappa shape index (κ2) is 3.90. The number of hydrogen-bond donors (Lipinski definition) is 1. The third kappa shape index (κ3) is 2.65. The number of carbonyl (C=O) groups is 1. The molecule has 0 amide bonds. The Morgan fingerprint density at radius 2 is 2.27 bits per heavy atom. The first-order valence-electron chi connectivity index (χ1n) is 3.10. The Labute approximate surface area is 71.4 Å².